The Hall–Kier alpha value is -0.743. The summed E-state index contributed by atoms with van der Waals surface area (Å²) < 4.78 is 5.99. The molecule has 0 spiro atoms. The predicted molar refractivity (Wildman–Crippen MR) is 64.0 cm³/mol. The van der Waals surface area contributed by atoms with Gasteiger partial charge in [-0.25, -0.2) is 9.97 Å². The fourth-order valence-corrected chi connectivity index (χ4v) is 1.79. The summed E-state index contributed by atoms with van der Waals surface area (Å²) in [5, 5.41) is 0.238. The Morgan fingerprint density at radius 3 is 2.20 bits per heavy atom. The van der Waals surface area contributed by atoms with Crippen molar-refractivity contribution in [2.75, 3.05) is 0 Å². The van der Waals surface area contributed by atoms with Crippen LogP contribution in [-0.2, 0) is 11.0 Å². The molecule has 0 aliphatic heterocycles. The number of aromatic nitrogens is 2. The van der Waals surface area contributed by atoms with E-state index in [1.807, 2.05) is 6.07 Å². The molecule has 0 saturated heterocycles. The zero-order chi connectivity index (χ0) is 11.5. The third kappa shape index (κ3) is 3.39. The van der Waals surface area contributed by atoms with Crippen LogP contribution in [0.1, 0.15) is 26.6 Å². The van der Waals surface area contributed by atoms with Gasteiger partial charge in [-0.2, -0.15) is 0 Å². The zero-order valence-corrected chi connectivity index (χ0v) is 11.2. The van der Waals surface area contributed by atoms with Crippen molar-refractivity contribution in [1.82, 2.24) is 9.97 Å². The Morgan fingerprint density at radius 2 is 1.73 bits per heavy atom. The highest BCUT2D eigenvalue weighted by Crippen LogP contribution is 2.36. The van der Waals surface area contributed by atoms with Crippen molar-refractivity contribution in [3.8, 4) is 0 Å². The van der Waals surface area contributed by atoms with Crippen LogP contribution in [0, 0.1) is 0 Å². The Bertz CT molecular complexity index is 306. The molecule has 4 heteroatoms. The van der Waals surface area contributed by atoms with Crippen LogP contribution >= 0.6 is 0 Å². The van der Waals surface area contributed by atoms with E-state index in [9.17, 15) is 0 Å². The number of hydrogen-bond acceptors (Lipinski definition) is 3. The first-order valence-electron chi connectivity index (χ1n) is 5.23. The highest BCUT2D eigenvalue weighted by atomic mass is 28.4. The number of hydrogen-bond donors (Lipinski definition) is 0. The number of nitrogens with zero attached hydrogens (tertiary/aromatic N) is 2. The van der Waals surface area contributed by atoms with E-state index < -0.39 is 8.32 Å². The van der Waals surface area contributed by atoms with Crippen LogP contribution in [0.25, 0.3) is 0 Å². The highest BCUT2D eigenvalue weighted by molar-refractivity contribution is 6.74. The fourth-order valence-electron chi connectivity index (χ4n) is 0.866. The van der Waals surface area contributed by atoms with Gasteiger partial charge in [0.05, 0.1) is 6.61 Å². The molecule has 0 aromatic carbocycles. The molecule has 0 aliphatic rings. The van der Waals surface area contributed by atoms with Gasteiger partial charge in [-0.1, -0.05) is 20.8 Å². The van der Waals surface area contributed by atoms with Crippen molar-refractivity contribution in [3.05, 3.63) is 24.3 Å². The summed E-state index contributed by atoms with van der Waals surface area (Å²) in [6.45, 7) is 11.7. The Balaban J connectivity index is 2.58. The molecule has 0 aliphatic carbocycles. The molecule has 0 saturated carbocycles. The molecular formula is C11H20N2OSi. The molecule has 15 heavy (non-hydrogen) atoms. The molecule has 0 N–H and O–H groups in total. The summed E-state index contributed by atoms with van der Waals surface area (Å²) in [6.07, 6.45) is 3.49. The van der Waals surface area contributed by atoms with E-state index in [1.165, 1.54) is 0 Å². The van der Waals surface area contributed by atoms with Crippen molar-refractivity contribution in [2.24, 2.45) is 0 Å². The molecule has 0 fully saturated rings. The van der Waals surface area contributed by atoms with Crippen LogP contribution in [0.15, 0.2) is 18.5 Å². The summed E-state index contributed by atoms with van der Waals surface area (Å²) in [7, 11) is -1.67. The highest BCUT2D eigenvalue weighted by Gasteiger charge is 2.37. The maximum absolute atomic E-state index is 5.99. The van der Waals surface area contributed by atoms with Crippen LogP contribution in [0.2, 0.25) is 18.1 Å². The minimum atomic E-state index is -1.67. The van der Waals surface area contributed by atoms with Crippen LogP contribution in [0.5, 0.6) is 0 Å². The van der Waals surface area contributed by atoms with Gasteiger partial charge in [0.2, 0.25) is 0 Å². The minimum absolute atomic E-state index is 0.238. The molecule has 0 bridgehead atoms. The van der Waals surface area contributed by atoms with Gasteiger partial charge in [-0.15, -0.1) is 0 Å². The van der Waals surface area contributed by atoms with Crippen molar-refractivity contribution in [3.63, 3.8) is 0 Å². The van der Waals surface area contributed by atoms with Gasteiger partial charge in [0.15, 0.2) is 14.1 Å². The van der Waals surface area contributed by atoms with Crippen LogP contribution in [0.4, 0.5) is 0 Å². The molecule has 0 amide bonds. The van der Waals surface area contributed by atoms with Crippen molar-refractivity contribution < 1.29 is 4.43 Å². The lowest BCUT2D eigenvalue weighted by Crippen LogP contribution is -2.40. The molecule has 0 radical (unpaired) electrons. The third-order valence-corrected chi connectivity index (χ3v) is 7.47. The first-order valence-corrected chi connectivity index (χ1v) is 8.13. The second kappa shape index (κ2) is 4.41. The molecule has 3 nitrogen and oxygen atoms in total. The van der Waals surface area contributed by atoms with E-state index in [0.29, 0.717) is 6.61 Å². The summed E-state index contributed by atoms with van der Waals surface area (Å²) >= 11 is 0. The smallest absolute Gasteiger partial charge is 0.192 e. The van der Waals surface area contributed by atoms with E-state index in [4.69, 9.17) is 4.43 Å². The summed E-state index contributed by atoms with van der Waals surface area (Å²) in [5.74, 6) is 0.766. The molecule has 1 heterocycles. The van der Waals surface area contributed by atoms with Gasteiger partial charge in [-0.05, 0) is 24.2 Å². The van der Waals surface area contributed by atoms with E-state index in [2.05, 4.69) is 43.8 Å². The lowest BCUT2D eigenvalue weighted by atomic mass is 10.2. The average molecular weight is 224 g/mol. The topological polar surface area (TPSA) is 35.0 Å². The van der Waals surface area contributed by atoms with Crippen LogP contribution in [-0.4, -0.2) is 18.3 Å². The minimum Gasteiger partial charge on any atom is -0.409 e. The Kier molecular flexibility index (Phi) is 3.62. The molecule has 0 unspecified atom stereocenters. The zero-order valence-electron chi connectivity index (χ0n) is 10.2. The lowest BCUT2D eigenvalue weighted by molar-refractivity contribution is 0.267. The molecule has 1 aromatic heterocycles. The maximum Gasteiger partial charge on any atom is 0.192 e. The van der Waals surface area contributed by atoms with Crippen LogP contribution in [0.3, 0.4) is 0 Å². The van der Waals surface area contributed by atoms with Crippen molar-refractivity contribution in [2.45, 2.75) is 45.5 Å². The second-order valence-electron chi connectivity index (χ2n) is 5.21. The van der Waals surface area contributed by atoms with E-state index in [-0.39, 0.29) is 5.04 Å². The van der Waals surface area contributed by atoms with E-state index >= 15 is 0 Å². The third-order valence-electron chi connectivity index (χ3n) is 2.99. The summed E-state index contributed by atoms with van der Waals surface area (Å²) in [6, 6.07) is 1.82. The van der Waals surface area contributed by atoms with Crippen molar-refractivity contribution in [1.29, 1.82) is 0 Å². The average Bonchev–Trinajstić information content (AvgIpc) is 2.15. The van der Waals surface area contributed by atoms with Gasteiger partial charge in [0.1, 0.15) is 0 Å². The molecule has 84 valence electrons. The largest absolute Gasteiger partial charge is 0.409 e. The van der Waals surface area contributed by atoms with Crippen molar-refractivity contribution >= 4 is 8.32 Å². The monoisotopic (exact) mass is 224 g/mol. The Morgan fingerprint density at radius 1 is 1.20 bits per heavy atom. The molecule has 1 rings (SSSR count). The fraction of sp³-hybridized carbons (Fsp3) is 0.636. The quantitative estimate of drug-likeness (QED) is 0.740. The maximum atomic E-state index is 5.99. The van der Waals surface area contributed by atoms with Crippen LogP contribution < -0.4 is 0 Å². The number of rotatable bonds is 3. The second-order valence-corrected chi connectivity index (χ2v) is 10.0. The predicted octanol–water partition coefficient (Wildman–Crippen LogP) is 3.00. The summed E-state index contributed by atoms with van der Waals surface area (Å²) in [5.41, 5.74) is 0. The first-order chi connectivity index (χ1) is 6.83. The van der Waals surface area contributed by atoms with Gasteiger partial charge in [-0.3, -0.25) is 0 Å². The molecule has 1 aromatic rings. The normalized spacial score (nSPS) is 12.9. The lowest BCUT2D eigenvalue weighted by Gasteiger charge is -2.35. The first kappa shape index (κ1) is 12.3. The summed E-state index contributed by atoms with van der Waals surface area (Å²) in [4.78, 5) is 8.30. The SMILES string of the molecule is CC(C)(C)[Si](C)(C)OCc1ncccn1. The van der Waals surface area contributed by atoms with Gasteiger partial charge in [0.25, 0.3) is 0 Å². The standard InChI is InChI=1S/C11H20N2OSi/c1-11(2,3)15(4,5)14-9-10-12-7-6-8-13-10/h6-8H,9H2,1-5H3. The van der Waals surface area contributed by atoms with Gasteiger partial charge >= 0.3 is 0 Å². The van der Waals surface area contributed by atoms with Gasteiger partial charge in [0, 0.05) is 12.4 Å². The molecular weight excluding hydrogens is 204 g/mol. The van der Waals surface area contributed by atoms with E-state index in [0.717, 1.165) is 5.82 Å². The van der Waals surface area contributed by atoms with Gasteiger partial charge < -0.3 is 4.43 Å². The Labute approximate surface area is 93.0 Å². The van der Waals surface area contributed by atoms with E-state index in [1.54, 1.807) is 12.4 Å². The molecule has 0 atom stereocenters.